The van der Waals surface area contributed by atoms with Crippen LogP contribution in [-0.4, -0.2) is 29.8 Å². The molecule has 4 nitrogen and oxygen atoms in total. The van der Waals surface area contributed by atoms with Crippen molar-refractivity contribution in [1.82, 2.24) is 5.32 Å². The molecule has 0 aliphatic heterocycles. The molecule has 1 aliphatic carbocycles. The van der Waals surface area contributed by atoms with Crippen LogP contribution in [0.5, 0.6) is 0 Å². The van der Waals surface area contributed by atoms with E-state index in [0.717, 1.165) is 25.0 Å². The maximum Gasteiger partial charge on any atom is 0.330 e. The molecule has 0 radical (unpaired) electrons. The van der Waals surface area contributed by atoms with Crippen molar-refractivity contribution < 1.29 is 14.3 Å². The summed E-state index contributed by atoms with van der Waals surface area (Å²) in [4.78, 5) is 23.3. The molecule has 1 aromatic rings. The van der Waals surface area contributed by atoms with Crippen molar-refractivity contribution in [3.8, 4) is 0 Å². The molecular weight excluding hydrogens is 310 g/mol. The van der Waals surface area contributed by atoms with Crippen molar-refractivity contribution in [1.29, 1.82) is 0 Å². The molecule has 2 rings (SSSR count). The quantitative estimate of drug-likeness (QED) is 0.527. The molecule has 0 saturated heterocycles. The number of amides is 1. The first-order chi connectivity index (χ1) is 11.2. The number of nitrogens with one attached hydrogen (secondary N) is 1. The Kier molecular flexibility index (Phi) is 6.51. The summed E-state index contributed by atoms with van der Waals surface area (Å²) >= 11 is 1.77. The maximum absolute atomic E-state index is 12.3. The van der Waals surface area contributed by atoms with Crippen LogP contribution >= 0.6 is 11.8 Å². The number of hydrogen-bond donors (Lipinski definition) is 1. The molecule has 1 aromatic carbocycles. The second-order valence-corrected chi connectivity index (χ2v) is 7.23. The number of benzene rings is 1. The van der Waals surface area contributed by atoms with Gasteiger partial charge in [-0.2, -0.15) is 0 Å². The van der Waals surface area contributed by atoms with E-state index < -0.39 is 6.04 Å². The predicted octanol–water partition coefficient (Wildman–Crippen LogP) is 3.16. The molecule has 126 valence electrons. The van der Waals surface area contributed by atoms with Crippen LogP contribution in [0.15, 0.2) is 30.3 Å². The Morgan fingerprint density at radius 3 is 2.78 bits per heavy atom. The van der Waals surface area contributed by atoms with E-state index in [0.29, 0.717) is 18.9 Å². The molecule has 23 heavy (non-hydrogen) atoms. The van der Waals surface area contributed by atoms with Gasteiger partial charge in [-0.1, -0.05) is 43.7 Å². The molecule has 1 saturated carbocycles. The first-order valence-corrected chi connectivity index (χ1v) is 9.20. The number of hydrogen-bond acceptors (Lipinski definition) is 4. The minimum absolute atomic E-state index is 0.237. The highest BCUT2D eigenvalue weighted by atomic mass is 32.2. The number of thioether (sulfide) groups is 1. The lowest BCUT2D eigenvalue weighted by Gasteiger charge is -2.26. The van der Waals surface area contributed by atoms with Gasteiger partial charge in [0.1, 0.15) is 6.04 Å². The average molecular weight is 335 g/mol. The first-order valence-electron chi connectivity index (χ1n) is 8.22. The van der Waals surface area contributed by atoms with Crippen molar-refractivity contribution in [3.63, 3.8) is 0 Å². The Morgan fingerprint density at radius 1 is 1.43 bits per heavy atom. The molecule has 0 aromatic heterocycles. The summed E-state index contributed by atoms with van der Waals surface area (Å²) in [6.07, 6.45) is 3.71. The van der Waals surface area contributed by atoms with Crippen molar-refractivity contribution in [3.05, 3.63) is 35.9 Å². The van der Waals surface area contributed by atoms with Gasteiger partial charge in [0, 0.05) is 5.75 Å². The molecular formula is C18H25NO3S. The lowest BCUT2D eigenvalue weighted by Crippen LogP contribution is -2.47. The fraction of sp³-hybridized carbons (Fsp3) is 0.556. The van der Waals surface area contributed by atoms with E-state index in [2.05, 4.69) is 24.4 Å². The fourth-order valence-corrected chi connectivity index (χ4v) is 4.76. The van der Waals surface area contributed by atoms with E-state index in [1.54, 1.807) is 18.7 Å². The maximum atomic E-state index is 12.3. The molecule has 0 bridgehead atoms. The zero-order chi connectivity index (χ0) is 16.7. The van der Waals surface area contributed by atoms with Gasteiger partial charge in [0.2, 0.25) is 6.41 Å². The third-order valence-electron chi connectivity index (χ3n) is 4.33. The standard InChI is InChI=1S/C18H25NO3S/c1-3-8-15-11-18(15,16(19-13-20)17(21)22-4-2)23-12-14-9-6-5-7-10-14/h5-7,9-10,13,15-16H,3-4,8,11-12H2,1-2H3,(H,19,20)/t15?,16-,18+/m1/s1. The number of ether oxygens (including phenoxy) is 1. The van der Waals surface area contributed by atoms with Gasteiger partial charge in [0.15, 0.2) is 0 Å². The Labute approximate surface area is 142 Å². The van der Waals surface area contributed by atoms with Crippen LogP contribution in [-0.2, 0) is 20.1 Å². The lowest BCUT2D eigenvalue weighted by atomic mass is 10.1. The molecule has 1 amide bonds. The molecule has 1 fully saturated rings. The van der Waals surface area contributed by atoms with Crippen LogP contribution in [0.25, 0.3) is 0 Å². The third-order valence-corrected chi connectivity index (χ3v) is 6.08. The summed E-state index contributed by atoms with van der Waals surface area (Å²) in [5, 5.41) is 2.72. The Balaban J connectivity index is 2.13. The van der Waals surface area contributed by atoms with Crippen molar-refractivity contribution in [2.45, 2.75) is 49.7 Å². The van der Waals surface area contributed by atoms with Gasteiger partial charge >= 0.3 is 5.97 Å². The molecule has 1 N–H and O–H groups in total. The van der Waals surface area contributed by atoms with Crippen LogP contribution < -0.4 is 5.32 Å². The van der Waals surface area contributed by atoms with Crippen LogP contribution in [0.3, 0.4) is 0 Å². The summed E-state index contributed by atoms with van der Waals surface area (Å²) in [6.45, 7) is 4.27. The highest BCUT2D eigenvalue weighted by Gasteiger charge is 2.61. The molecule has 0 spiro atoms. The van der Waals surface area contributed by atoms with E-state index in [9.17, 15) is 9.59 Å². The minimum Gasteiger partial charge on any atom is -0.464 e. The minimum atomic E-state index is -0.565. The van der Waals surface area contributed by atoms with Gasteiger partial charge in [-0.25, -0.2) is 4.79 Å². The van der Waals surface area contributed by atoms with E-state index in [4.69, 9.17) is 4.74 Å². The van der Waals surface area contributed by atoms with Crippen LogP contribution in [0, 0.1) is 5.92 Å². The van der Waals surface area contributed by atoms with Gasteiger partial charge in [-0.15, -0.1) is 11.8 Å². The van der Waals surface area contributed by atoms with Gasteiger partial charge in [0.05, 0.1) is 11.4 Å². The number of carbonyl (C=O) groups is 2. The molecule has 3 atom stereocenters. The second kappa shape index (κ2) is 8.39. The van der Waals surface area contributed by atoms with Gasteiger partial charge in [-0.05, 0) is 31.2 Å². The predicted molar refractivity (Wildman–Crippen MR) is 93.1 cm³/mol. The molecule has 1 unspecified atom stereocenters. The fourth-order valence-electron chi connectivity index (χ4n) is 3.13. The number of esters is 1. The SMILES string of the molecule is CCCC1C[C@@]1(SCc1ccccc1)[C@H](NC=O)C(=O)OCC. The zero-order valence-electron chi connectivity index (χ0n) is 13.8. The third kappa shape index (κ3) is 4.28. The monoisotopic (exact) mass is 335 g/mol. The summed E-state index contributed by atoms with van der Waals surface area (Å²) in [5.41, 5.74) is 1.23. The van der Waals surface area contributed by atoms with Crippen LogP contribution in [0.4, 0.5) is 0 Å². The molecule has 0 heterocycles. The largest absolute Gasteiger partial charge is 0.464 e. The summed E-state index contributed by atoms with van der Waals surface area (Å²) < 4.78 is 4.95. The smallest absolute Gasteiger partial charge is 0.330 e. The van der Waals surface area contributed by atoms with E-state index in [1.165, 1.54) is 5.56 Å². The summed E-state index contributed by atoms with van der Waals surface area (Å²) in [5.74, 6) is 0.958. The normalized spacial score (nSPS) is 23.8. The zero-order valence-corrected chi connectivity index (χ0v) is 14.6. The first kappa shape index (κ1) is 17.9. The summed E-state index contributed by atoms with van der Waals surface area (Å²) in [6, 6.07) is 9.65. The highest BCUT2D eigenvalue weighted by molar-refractivity contribution is 8.00. The Hall–Kier alpha value is -1.49. The van der Waals surface area contributed by atoms with E-state index in [1.807, 2.05) is 18.2 Å². The van der Waals surface area contributed by atoms with Gasteiger partial charge in [0.25, 0.3) is 0 Å². The topological polar surface area (TPSA) is 55.4 Å². The van der Waals surface area contributed by atoms with Crippen LogP contribution in [0.1, 0.15) is 38.7 Å². The molecule has 5 heteroatoms. The average Bonchev–Trinajstić information content (AvgIpc) is 3.26. The molecule has 1 aliphatic rings. The van der Waals surface area contributed by atoms with Crippen LogP contribution in [0.2, 0.25) is 0 Å². The lowest BCUT2D eigenvalue weighted by molar-refractivity contribution is -0.146. The van der Waals surface area contributed by atoms with Gasteiger partial charge < -0.3 is 10.1 Å². The van der Waals surface area contributed by atoms with E-state index in [-0.39, 0.29) is 10.7 Å². The number of rotatable bonds is 10. The van der Waals surface area contributed by atoms with Crippen molar-refractivity contribution >= 4 is 24.1 Å². The van der Waals surface area contributed by atoms with Gasteiger partial charge in [-0.3, -0.25) is 4.79 Å². The van der Waals surface area contributed by atoms with Crippen molar-refractivity contribution in [2.24, 2.45) is 5.92 Å². The Morgan fingerprint density at radius 2 is 2.17 bits per heavy atom. The second-order valence-electron chi connectivity index (χ2n) is 5.89. The van der Waals surface area contributed by atoms with Crippen molar-refractivity contribution in [2.75, 3.05) is 6.61 Å². The van der Waals surface area contributed by atoms with E-state index >= 15 is 0 Å². The summed E-state index contributed by atoms with van der Waals surface area (Å²) in [7, 11) is 0. The Bertz CT molecular complexity index is 522. The highest BCUT2D eigenvalue weighted by Crippen LogP contribution is 2.59. The number of carbonyl (C=O) groups excluding carboxylic acids is 2.